The second kappa shape index (κ2) is 7.25. The Labute approximate surface area is 141 Å². The Hall–Kier alpha value is -2.10. The maximum Gasteiger partial charge on any atom is 0.386 e. The molecule has 0 aliphatic rings. The van der Waals surface area contributed by atoms with E-state index >= 15 is 0 Å². The smallest absolute Gasteiger partial charge is 0.386 e. The first kappa shape index (κ1) is 16.3. The lowest BCUT2D eigenvalue weighted by Gasteiger charge is -2.06. The van der Waals surface area contributed by atoms with Gasteiger partial charge >= 0.3 is 5.97 Å². The van der Waals surface area contributed by atoms with E-state index in [1.54, 1.807) is 45.7 Å². The van der Waals surface area contributed by atoms with Gasteiger partial charge in [0, 0.05) is 18.8 Å². The maximum atomic E-state index is 11.9. The molecule has 0 fully saturated rings. The van der Waals surface area contributed by atoms with Gasteiger partial charge in [-0.05, 0) is 40.8 Å². The number of rotatable bonds is 5. The molecular weight excluding hydrogens is 401 g/mol. The molecule has 0 N–H and O–H groups in total. The van der Waals surface area contributed by atoms with Gasteiger partial charge in [-0.25, -0.2) is 4.79 Å². The lowest BCUT2D eigenvalue weighted by molar-refractivity contribution is 0.0510. The van der Waals surface area contributed by atoms with Crippen LogP contribution in [0.3, 0.4) is 0 Å². The molecule has 0 spiro atoms. The molecule has 0 saturated carbocycles. The molecule has 0 aliphatic heterocycles. The minimum atomic E-state index is -0.622. The third kappa shape index (κ3) is 3.75. The summed E-state index contributed by atoms with van der Waals surface area (Å²) in [5.74, 6) is 0.615. The minimum absolute atomic E-state index is 0.220. The van der Waals surface area contributed by atoms with Crippen LogP contribution in [-0.4, -0.2) is 36.2 Å². The van der Waals surface area contributed by atoms with Crippen molar-refractivity contribution in [3.05, 3.63) is 39.2 Å². The van der Waals surface area contributed by atoms with Gasteiger partial charge in [0.25, 0.3) is 0 Å². The number of carbonyl (C=O) groups excluding carboxylic acids is 1. The number of halogens is 1. The van der Waals surface area contributed by atoms with Crippen molar-refractivity contribution in [3.8, 4) is 11.5 Å². The number of benzene rings is 1. The Balaban J connectivity index is 2.12. The molecule has 22 heavy (non-hydrogen) atoms. The molecule has 2 rings (SSSR count). The summed E-state index contributed by atoms with van der Waals surface area (Å²) < 4.78 is 12.6. The van der Waals surface area contributed by atoms with Crippen LogP contribution in [0.2, 0.25) is 0 Å². The summed E-state index contributed by atoms with van der Waals surface area (Å²) in [5, 5.41) is 7.70. The molecule has 0 bridgehead atoms. The van der Waals surface area contributed by atoms with Crippen LogP contribution in [0, 0.1) is 3.57 Å². The van der Waals surface area contributed by atoms with E-state index in [-0.39, 0.29) is 5.69 Å². The van der Waals surface area contributed by atoms with Crippen molar-refractivity contribution in [2.45, 2.75) is 0 Å². The fourth-order valence-corrected chi connectivity index (χ4v) is 2.44. The van der Waals surface area contributed by atoms with E-state index < -0.39 is 5.97 Å². The number of methoxy groups -OCH3 is 2. The van der Waals surface area contributed by atoms with E-state index in [1.807, 2.05) is 22.6 Å². The highest BCUT2D eigenvalue weighted by Crippen LogP contribution is 2.22. The first-order valence-electron chi connectivity index (χ1n) is 6.21. The molecule has 1 heterocycles. The molecule has 0 amide bonds. The van der Waals surface area contributed by atoms with Gasteiger partial charge in [0.15, 0.2) is 5.69 Å². The van der Waals surface area contributed by atoms with E-state index in [0.717, 1.165) is 0 Å². The van der Waals surface area contributed by atoms with Crippen molar-refractivity contribution in [2.24, 2.45) is 12.2 Å². The van der Waals surface area contributed by atoms with Crippen molar-refractivity contribution in [2.75, 3.05) is 14.2 Å². The lowest BCUT2D eigenvalue weighted by atomic mass is 10.2. The average molecular weight is 415 g/mol. The third-order valence-corrected chi connectivity index (χ3v) is 3.53. The number of carbonyl (C=O) groups is 1. The minimum Gasteiger partial charge on any atom is -0.497 e. The first-order chi connectivity index (χ1) is 10.5. The Morgan fingerprint density at radius 2 is 2.14 bits per heavy atom. The van der Waals surface area contributed by atoms with Crippen molar-refractivity contribution >= 4 is 34.8 Å². The summed E-state index contributed by atoms with van der Waals surface area (Å²) in [6.07, 6.45) is 3.10. The molecule has 8 heteroatoms. The van der Waals surface area contributed by atoms with Gasteiger partial charge < -0.3 is 14.3 Å². The zero-order chi connectivity index (χ0) is 16.1. The highest BCUT2D eigenvalue weighted by molar-refractivity contribution is 14.1. The fourth-order valence-electron chi connectivity index (χ4n) is 1.71. The molecule has 1 aromatic heterocycles. The van der Waals surface area contributed by atoms with Crippen molar-refractivity contribution < 1.29 is 19.1 Å². The Morgan fingerprint density at radius 3 is 2.73 bits per heavy atom. The molecule has 0 aliphatic carbocycles. The summed E-state index contributed by atoms with van der Waals surface area (Å²) >= 11 is 2.01. The molecule has 7 nitrogen and oxygen atoms in total. The standard InChI is InChI=1S/C14H14IN3O4/c1-18-8-11(15)13(17-18)14(19)22-16-7-9-6-10(20-2)4-5-12(9)21-3/h4-8H,1-3H3/b16-7+. The molecular formula is C14H14IN3O4. The highest BCUT2D eigenvalue weighted by atomic mass is 127. The number of aryl methyl sites for hydroxylation is 1. The highest BCUT2D eigenvalue weighted by Gasteiger charge is 2.16. The largest absolute Gasteiger partial charge is 0.497 e. The summed E-state index contributed by atoms with van der Waals surface area (Å²) in [7, 11) is 4.83. The van der Waals surface area contributed by atoms with Gasteiger partial charge in [-0.2, -0.15) is 5.10 Å². The summed E-state index contributed by atoms with van der Waals surface area (Å²) in [5.41, 5.74) is 0.850. The Morgan fingerprint density at radius 1 is 1.36 bits per heavy atom. The third-order valence-electron chi connectivity index (χ3n) is 2.74. The van der Waals surface area contributed by atoms with Crippen LogP contribution < -0.4 is 9.47 Å². The van der Waals surface area contributed by atoms with Crippen LogP contribution in [0.1, 0.15) is 16.1 Å². The van der Waals surface area contributed by atoms with Gasteiger partial charge in [0.1, 0.15) is 11.5 Å². The van der Waals surface area contributed by atoms with Gasteiger partial charge in [-0.3, -0.25) is 4.68 Å². The Bertz CT molecular complexity index is 712. The number of ether oxygens (including phenoxy) is 2. The second-order valence-electron chi connectivity index (χ2n) is 4.22. The van der Waals surface area contributed by atoms with Crippen LogP contribution in [-0.2, 0) is 11.9 Å². The zero-order valence-corrected chi connectivity index (χ0v) is 14.4. The summed E-state index contributed by atoms with van der Waals surface area (Å²) in [4.78, 5) is 16.7. The first-order valence-corrected chi connectivity index (χ1v) is 7.29. The van der Waals surface area contributed by atoms with Gasteiger partial charge in [-0.1, -0.05) is 5.16 Å². The number of hydrogen-bond acceptors (Lipinski definition) is 6. The predicted octanol–water partition coefficient (Wildman–Crippen LogP) is 2.23. The van der Waals surface area contributed by atoms with Gasteiger partial charge in [-0.15, -0.1) is 0 Å². The predicted molar refractivity (Wildman–Crippen MR) is 88.5 cm³/mol. The van der Waals surface area contributed by atoms with Crippen LogP contribution in [0.25, 0.3) is 0 Å². The zero-order valence-electron chi connectivity index (χ0n) is 12.2. The fraction of sp³-hybridized carbons (Fsp3) is 0.214. The molecule has 0 atom stereocenters. The van der Waals surface area contributed by atoms with Crippen molar-refractivity contribution in [1.29, 1.82) is 0 Å². The van der Waals surface area contributed by atoms with Gasteiger partial charge in [0.2, 0.25) is 0 Å². The van der Waals surface area contributed by atoms with E-state index in [4.69, 9.17) is 14.3 Å². The summed E-state index contributed by atoms with van der Waals surface area (Å²) in [6.45, 7) is 0. The van der Waals surface area contributed by atoms with Crippen LogP contribution in [0.15, 0.2) is 29.6 Å². The van der Waals surface area contributed by atoms with E-state index in [9.17, 15) is 4.79 Å². The number of oxime groups is 1. The number of hydrogen-bond donors (Lipinski definition) is 0. The van der Waals surface area contributed by atoms with Crippen molar-refractivity contribution in [1.82, 2.24) is 9.78 Å². The van der Waals surface area contributed by atoms with Crippen LogP contribution >= 0.6 is 22.6 Å². The van der Waals surface area contributed by atoms with Gasteiger partial charge in [0.05, 0.1) is 24.0 Å². The number of nitrogens with zero attached hydrogens (tertiary/aromatic N) is 3. The molecule has 0 saturated heterocycles. The average Bonchev–Trinajstić information content (AvgIpc) is 2.85. The monoisotopic (exact) mass is 415 g/mol. The molecule has 1 aromatic carbocycles. The van der Waals surface area contributed by atoms with E-state index in [1.165, 1.54) is 10.9 Å². The number of aromatic nitrogens is 2. The van der Waals surface area contributed by atoms with E-state index in [0.29, 0.717) is 20.6 Å². The SMILES string of the molecule is COc1ccc(OC)c(/C=N/OC(=O)c2nn(C)cc2I)c1. The summed E-state index contributed by atoms with van der Waals surface area (Å²) in [6, 6.07) is 5.23. The lowest BCUT2D eigenvalue weighted by Crippen LogP contribution is -2.05. The normalized spacial score (nSPS) is 10.7. The second-order valence-corrected chi connectivity index (χ2v) is 5.38. The Kier molecular flexibility index (Phi) is 5.36. The quantitative estimate of drug-likeness (QED) is 0.324. The van der Waals surface area contributed by atoms with Crippen LogP contribution in [0.5, 0.6) is 11.5 Å². The van der Waals surface area contributed by atoms with Crippen molar-refractivity contribution in [3.63, 3.8) is 0 Å². The topological polar surface area (TPSA) is 74.9 Å². The molecule has 2 aromatic rings. The van der Waals surface area contributed by atoms with Crippen LogP contribution in [0.4, 0.5) is 0 Å². The van der Waals surface area contributed by atoms with E-state index in [2.05, 4.69) is 10.3 Å². The molecule has 0 radical (unpaired) electrons. The molecule has 116 valence electrons. The maximum absolute atomic E-state index is 11.9. The molecule has 0 unspecified atom stereocenters.